The molecule has 1 saturated heterocycles. The Labute approximate surface area is 199 Å². The first-order chi connectivity index (χ1) is 15.7. The lowest BCUT2D eigenvalue weighted by Gasteiger charge is -2.26. The van der Waals surface area contributed by atoms with Gasteiger partial charge in [-0.05, 0) is 38.8 Å². The molecule has 8 nitrogen and oxygen atoms in total. The van der Waals surface area contributed by atoms with Gasteiger partial charge in [0.25, 0.3) is 0 Å². The molecule has 1 aliphatic rings. The zero-order chi connectivity index (χ0) is 24.3. The third kappa shape index (κ3) is 10.6. The molecule has 2 N–H and O–H groups in total. The van der Waals surface area contributed by atoms with Crippen LogP contribution in [0.2, 0.25) is 0 Å². The Morgan fingerprint density at radius 3 is 2.06 bits per heavy atom. The molecule has 1 atom stereocenters. The third-order valence-corrected chi connectivity index (χ3v) is 7.54. The minimum absolute atomic E-state index is 0.273. The summed E-state index contributed by atoms with van der Waals surface area (Å²) in [6.07, 6.45) is 1.70. The predicted octanol–water partition coefficient (Wildman–Crippen LogP) is 3.67. The molecular formula is C24H42N3O5P. The summed E-state index contributed by atoms with van der Waals surface area (Å²) < 4.78 is 23.6. The Kier molecular flexibility index (Phi) is 11.9. The molecule has 0 spiro atoms. The maximum atomic E-state index is 12.8. The zero-order valence-electron chi connectivity index (χ0n) is 20.7. The molecule has 1 aromatic carbocycles. The highest BCUT2D eigenvalue weighted by molar-refractivity contribution is 7.53. The first kappa shape index (κ1) is 27.8. The van der Waals surface area contributed by atoms with E-state index in [-0.39, 0.29) is 12.3 Å². The normalized spacial score (nSPS) is 18.6. The molecule has 0 radical (unpaired) electrons. The fourth-order valence-corrected chi connectivity index (χ4v) is 5.72. The van der Waals surface area contributed by atoms with Gasteiger partial charge in [-0.3, -0.25) is 14.4 Å². The van der Waals surface area contributed by atoms with Gasteiger partial charge in [0.15, 0.2) is 0 Å². The van der Waals surface area contributed by atoms with Crippen molar-refractivity contribution >= 4 is 7.60 Å². The van der Waals surface area contributed by atoms with Crippen molar-refractivity contribution in [3.05, 3.63) is 47.4 Å². The molecular weight excluding hydrogens is 441 g/mol. The topological polar surface area (TPSA) is 85.7 Å². The molecule has 9 heteroatoms. The largest absolute Gasteiger partial charge is 0.511 e. The van der Waals surface area contributed by atoms with Gasteiger partial charge in [-0.15, -0.1) is 0 Å². The van der Waals surface area contributed by atoms with Crippen LogP contribution in [0.1, 0.15) is 38.8 Å². The predicted molar refractivity (Wildman–Crippen MR) is 132 cm³/mol. The lowest BCUT2D eigenvalue weighted by atomic mass is 10.1. The lowest BCUT2D eigenvalue weighted by molar-refractivity contribution is 0.118. The highest BCUT2D eigenvalue weighted by Crippen LogP contribution is 2.51. The van der Waals surface area contributed by atoms with E-state index in [4.69, 9.17) is 9.05 Å². The quantitative estimate of drug-likeness (QED) is 0.364. The van der Waals surface area contributed by atoms with Gasteiger partial charge in [-0.25, -0.2) is 0 Å². The van der Waals surface area contributed by atoms with Crippen LogP contribution in [0.25, 0.3) is 0 Å². The molecule has 188 valence electrons. The van der Waals surface area contributed by atoms with Gasteiger partial charge in [0, 0.05) is 58.6 Å². The maximum absolute atomic E-state index is 12.8. The van der Waals surface area contributed by atoms with Crippen LogP contribution >= 0.6 is 7.60 Å². The first-order valence-corrected chi connectivity index (χ1v) is 13.7. The Morgan fingerprint density at radius 1 is 1.00 bits per heavy atom. The number of hydrogen-bond donors (Lipinski definition) is 2. The standard InChI is InChI=1S/C24H42N3O5P/c1-5-31-33(30,32-6-2)20-24-9-7-23(8-10-24)19-27-15-13-25(17-21(3)28)11-12-26(14-16-27)18-22(4)29/h7-10,17,22,28-29H,5-6,11-16,18-20H2,1-4H3/b21-17-/t22-/m0/s1. The third-order valence-electron chi connectivity index (χ3n) is 5.49. The van der Waals surface area contributed by atoms with Crippen molar-refractivity contribution in [2.75, 3.05) is 59.0 Å². The van der Waals surface area contributed by atoms with Gasteiger partial charge >= 0.3 is 7.60 Å². The summed E-state index contributed by atoms with van der Waals surface area (Å²) in [5, 5.41) is 19.6. The smallest absolute Gasteiger partial charge is 0.335 e. The molecule has 0 bridgehead atoms. The Morgan fingerprint density at radius 2 is 1.52 bits per heavy atom. The van der Waals surface area contributed by atoms with E-state index in [0.29, 0.717) is 25.5 Å². The van der Waals surface area contributed by atoms with E-state index >= 15 is 0 Å². The summed E-state index contributed by atoms with van der Waals surface area (Å²) in [5.74, 6) is 0.301. The van der Waals surface area contributed by atoms with Crippen LogP contribution in [0.15, 0.2) is 36.2 Å². The van der Waals surface area contributed by atoms with Gasteiger partial charge in [0.2, 0.25) is 0 Å². The molecule has 0 saturated carbocycles. The number of allylic oxidation sites excluding steroid dienone is 1. The second kappa shape index (κ2) is 14.1. The molecule has 1 fully saturated rings. The van der Waals surface area contributed by atoms with Crippen LogP contribution in [-0.2, 0) is 26.3 Å². The second-order valence-electron chi connectivity index (χ2n) is 8.65. The van der Waals surface area contributed by atoms with Crippen LogP contribution in [0, 0.1) is 0 Å². The SMILES string of the molecule is CCOP(=O)(Cc1ccc(CN2CCN(/C=C(/C)O)CCN(C[C@H](C)O)CC2)cc1)OCC. The van der Waals surface area contributed by atoms with E-state index in [2.05, 4.69) is 26.8 Å². The Bertz CT molecular complexity index is 758. The number of nitrogens with zero attached hydrogens (tertiary/aromatic N) is 3. The van der Waals surface area contributed by atoms with Crippen molar-refractivity contribution in [1.82, 2.24) is 14.7 Å². The summed E-state index contributed by atoms with van der Waals surface area (Å²) in [6, 6.07) is 8.15. The van der Waals surface area contributed by atoms with Crippen LogP contribution in [0.4, 0.5) is 0 Å². The number of β-amino-alcohol motifs (C(OH)–C–C–N with tert-alkyl or cyclic N) is 1. The minimum atomic E-state index is -3.11. The number of hydrogen-bond acceptors (Lipinski definition) is 8. The summed E-state index contributed by atoms with van der Waals surface area (Å²) in [6.45, 7) is 14.4. The molecule has 33 heavy (non-hydrogen) atoms. The summed E-state index contributed by atoms with van der Waals surface area (Å²) in [5.41, 5.74) is 2.12. The second-order valence-corrected chi connectivity index (χ2v) is 10.7. The van der Waals surface area contributed by atoms with E-state index in [1.54, 1.807) is 13.1 Å². The van der Waals surface area contributed by atoms with Crippen molar-refractivity contribution in [2.24, 2.45) is 0 Å². The summed E-state index contributed by atoms with van der Waals surface area (Å²) >= 11 is 0. The Hall–Kier alpha value is -1.41. The molecule has 0 amide bonds. The highest BCUT2D eigenvalue weighted by Gasteiger charge is 2.24. The molecule has 0 aromatic heterocycles. The average Bonchev–Trinajstić information content (AvgIpc) is 2.81. The van der Waals surface area contributed by atoms with Gasteiger partial charge in [-0.2, -0.15) is 0 Å². The van der Waals surface area contributed by atoms with Crippen molar-refractivity contribution in [3.63, 3.8) is 0 Å². The van der Waals surface area contributed by atoms with Gasteiger partial charge in [-0.1, -0.05) is 24.3 Å². The van der Waals surface area contributed by atoms with Crippen LogP contribution < -0.4 is 0 Å². The van der Waals surface area contributed by atoms with E-state index in [0.717, 1.165) is 51.4 Å². The summed E-state index contributed by atoms with van der Waals surface area (Å²) in [7, 11) is -3.11. The van der Waals surface area contributed by atoms with Crippen LogP contribution in [0.5, 0.6) is 0 Å². The molecule has 0 aliphatic carbocycles. The number of benzene rings is 1. The van der Waals surface area contributed by atoms with Gasteiger partial charge in [0.05, 0.1) is 25.5 Å². The van der Waals surface area contributed by atoms with Crippen molar-refractivity contribution in [2.45, 2.75) is 46.5 Å². The lowest BCUT2D eigenvalue weighted by Crippen LogP contribution is -2.39. The Balaban J connectivity index is 2.05. The fourth-order valence-electron chi connectivity index (χ4n) is 4.02. The highest BCUT2D eigenvalue weighted by atomic mass is 31.2. The summed E-state index contributed by atoms with van der Waals surface area (Å²) in [4.78, 5) is 6.82. The molecule has 2 rings (SSSR count). The van der Waals surface area contributed by atoms with Gasteiger partial charge < -0.3 is 24.2 Å². The van der Waals surface area contributed by atoms with E-state index in [9.17, 15) is 14.8 Å². The van der Waals surface area contributed by atoms with Crippen molar-refractivity contribution < 1.29 is 23.8 Å². The van der Waals surface area contributed by atoms with E-state index in [1.165, 1.54) is 5.56 Å². The first-order valence-electron chi connectivity index (χ1n) is 11.9. The van der Waals surface area contributed by atoms with Crippen molar-refractivity contribution in [3.8, 4) is 0 Å². The molecule has 1 heterocycles. The van der Waals surface area contributed by atoms with E-state index in [1.807, 2.05) is 32.9 Å². The van der Waals surface area contributed by atoms with Crippen LogP contribution in [-0.4, -0.2) is 90.0 Å². The molecule has 0 unspecified atom stereocenters. The monoisotopic (exact) mass is 483 g/mol. The number of aliphatic hydroxyl groups excluding tert-OH is 2. The zero-order valence-corrected chi connectivity index (χ0v) is 21.5. The fraction of sp³-hybridized carbons (Fsp3) is 0.667. The van der Waals surface area contributed by atoms with Crippen molar-refractivity contribution in [1.29, 1.82) is 0 Å². The molecule has 1 aliphatic heterocycles. The van der Waals surface area contributed by atoms with E-state index < -0.39 is 7.60 Å². The average molecular weight is 484 g/mol. The number of aliphatic hydroxyl groups is 2. The molecule has 1 aromatic rings. The number of rotatable bonds is 11. The van der Waals surface area contributed by atoms with Crippen LogP contribution in [0.3, 0.4) is 0 Å². The van der Waals surface area contributed by atoms with Gasteiger partial charge in [0.1, 0.15) is 5.76 Å². The maximum Gasteiger partial charge on any atom is 0.335 e. The minimum Gasteiger partial charge on any atom is -0.511 e.